The fourth-order valence-electron chi connectivity index (χ4n) is 2.01. The van der Waals surface area contributed by atoms with Gasteiger partial charge in [0, 0.05) is 20.1 Å². The second kappa shape index (κ2) is 6.24. The zero-order valence-corrected chi connectivity index (χ0v) is 14.3. The van der Waals surface area contributed by atoms with Crippen LogP contribution in [0.25, 0.3) is 0 Å². The SMILES string of the molecule is COc1cc(C)c(Br)cc1C(N)c1ccc(Br)cc1F. The molecule has 2 nitrogen and oxygen atoms in total. The van der Waals surface area contributed by atoms with E-state index in [-0.39, 0.29) is 5.82 Å². The van der Waals surface area contributed by atoms with Crippen LogP contribution in [0, 0.1) is 12.7 Å². The van der Waals surface area contributed by atoms with Crippen LogP contribution in [-0.2, 0) is 0 Å². The van der Waals surface area contributed by atoms with E-state index >= 15 is 0 Å². The second-order valence-electron chi connectivity index (χ2n) is 4.49. The van der Waals surface area contributed by atoms with Gasteiger partial charge < -0.3 is 10.5 Å². The third kappa shape index (κ3) is 3.05. The summed E-state index contributed by atoms with van der Waals surface area (Å²) >= 11 is 6.71. The number of methoxy groups -OCH3 is 1. The highest BCUT2D eigenvalue weighted by molar-refractivity contribution is 9.10. The number of hydrogen-bond donors (Lipinski definition) is 1. The molecule has 0 saturated carbocycles. The van der Waals surface area contributed by atoms with Crippen molar-refractivity contribution >= 4 is 31.9 Å². The molecule has 5 heteroatoms. The zero-order valence-electron chi connectivity index (χ0n) is 11.1. The molecule has 0 spiro atoms. The minimum Gasteiger partial charge on any atom is -0.496 e. The van der Waals surface area contributed by atoms with Gasteiger partial charge in [-0.3, -0.25) is 0 Å². The molecule has 20 heavy (non-hydrogen) atoms. The fraction of sp³-hybridized carbons (Fsp3) is 0.200. The highest BCUT2D eigenvalue weighted by atomic mass is 79.9. The van der Waals surface area contributed by atoms with Crippen molar-refractivity contribution in [2.24, 2.45) is 5.73 Å². The Morgan fingerprint density at radius 3 is 2.45 bits per heavy atom. The molecule has 2 aromatic carbocycles. The highest BCUT2D eigenvalue weighted by Crippen LogP contribution is 2.34. The lowest BCUT2D eigenvalue weighted by atomic mass is 9.97. The molecule has 0 aliphatic rings. The first-order chi connectivity index (χ1) is 9.43. The Bertz CT molecular complexity index is 646. The summed E-state index contributed by atoms with van der Waals surface area (Å²) < 4.78 is 21.0. The predicted molar refractivity (Wildman–Crippen MR) is 85.6 cm³/mol. The summed E-state index contributed by atoms with van der Waals surface area (Å²) in [5.74, 6) is 0.311. The summed E-state index contributed by atoms with van der Waals surface area (Å²) in [6, 6.07) is 8.03. The van der Waals surface area contributed by atoms with Gasteiger partial charge in [0.25, 0.3) is 0 Å². The summed E-state index contributed by atoms with van der Waals surface area (Å²) in [5.41, 5.74) is 8.42. The molecule has 2 N–H and O–H groups in total. The molecule has 1 atom stereocenters. The van der Waals surface area contributed by atoms with Crippen molar-refractivity contribution in [3.63, 3.8) is 0 Å². The molecule has 0 fully saturated rings. The normalized spacial score (nSPS) is 12.3. The van der Waals surface area contributed by atoms with Crippen LogP contribution in [-0.4, -0.2) is 7.11 Å². The maximum atomic E-state index is 14.0. The summed E-state index contributed by atoms with van der Waals surface area (Å²) in [6.07, 6.45) is 0. The molecule has 106 valence electrons. The second-order valence-corrected chi connectivity index (χ2v) is 6.26. The van der Waals surface area contributed by atoms with E-state index in [1.54, 1.807) is 19.2 Å². The molecule has 0 heterocycles. The molecule has 0 saturated heterocycles. The smallest absolute Gasteiger partial charge is 0.129 e. The molecule has 0 radical (unpaired) electrons. The number of hydrogen-bond acceptors (Lipinski definition) is 2. The maximum Gasteiger partial charge on any atom is 0.129 e. The molecule has 0 aliphatic heterocycles. The summed E-state index contributed by atoms with van der Waals surface area (Å²) in [6.45, 7) is 1.96. The Labute approximate surface area is 134 Å². The van der Waals surface area contributed by atoms with Crippen molar-refractivity contribution in [1.29, 1.82) is 0 Å². The Morgan fingerprint density at radius 1 is 1.15 bits per heavy atom. The average Bonchev–Trinajstić information content (AvgIpc) is 2.40. The topological polar surface area (TPSA) is 35.2 Å². The largest absolute Gasteiger partial charge is 0.496 e. The molecule has 2 rings (SSSR count). The molecular weight excluding hydrogens is 389 g/mol. The van der Waals surface area contributed by atoms with Gasteiger partial charge in [0.1, 0.15) is 11.6 Å². The maximum absolute atomic E-state index is 14.0. The van der Waals surface area contributed by atoms with Crippen molar-refractivity contribution in [1.82, 2.24) is 0 Å². The predicted octanol–water partition coefficient (Wildman–Crippen LogP) is 4.72. The lowest BCUT2D eigenvalue weighted by Gasteiger charge is -2.18. The van der Waals surface area contributed by atoms with E-state index < -0.39 is 6.04 Å². The monoisotopic (exact) mass is 401 g/mol. The quantitative estimate of drug-likeness (QED) is 0.806. The minimum absolute atomic E-state index is 0.342. The Hall–Kier alpha value is -0.910. The van der Waals surface area contributed by atoms with E-state index in [0.29, 0.717) is 15.8 Å². The van der Waals surface area contributed by atoms with Gasteiger partial charge in [0.15, 0.2) is 0 Å². The van der Waals surface area contributed by atoms with Gasteiger partial charge >= 0.3 is 0 Å². The van der Waals surface area contributed by atoms with Crippen LogP contribution in [0.5, 0.6) is 5.75 Å². The van der Waals surface area contributed by atoms with Crippen LogP contribution in [0.2, 0.25) is 0 Å². The molecule has 0 aromatic heterocycles. The molecule has 2 aromatic rings. The van der Waals surface area contributed by atoms with E-state index in [9.17, 15) is 4.39 Å². The van der Waals surface area contributed by atoms with Gasteiger partial charge in [0.2, 0.25) is 0 Å². The van der Waals surface area contributed by atoms with E-state index in [4.69, 9.17) is 10.5 Å². The van der Waals surface area contributed by atoms with Gasteiger partial charge in [-0.05, 0) is 36.8 Å². The minimum atomic E-state index is -0.588. The zero-order chi connectivity index (χ0) is 14.9. The molecule has 0 bridgehead atoms. The first-order valence-electron chi connectivity index (χ1n) is 5.98. The van der Waals surface area contributed by atoms with Crippen LogP contribution in [0.15, 0.2) is 39.3 Å². The van der Waals surface area contributed by atoms with Crippen molar-refractivity contribution in [3.8, 4) is 5.75 Å². The first-order valence-corrected chi connectivity index (χ1v) is 7.57. The Balaban J connectivity index is 2.52. The highest BCUT2D eigenvalue weighted by Gasteiger charge is 2.19. The van der Waals surface area contributed by atoms with Crippen molar-refractivity contribution in [2.75, 3.05) is 7.11 Å². The molecule has 0 aliphatic carbocycles. The summed E-state index contributed by atoms with van der Waals surface area (Å²) in [7, 11) is 1.58. The third-order valence-electron chi connectivity index (χ3n) is 3.14. The van der Waals surface area contributed by atoms with Crippen LogP contribution in [0.4, 0.5) is 4.39 Å². The van der Waals surface area contributed by atoms with Gasteiger partial charge in [-0.1, -0.05) is 37.9 Å². The van der Waals surface area contributed by atoms with Crippen molar-refractivity contribution in [3.05, 3.63) is 61.8 Å². The fourth-order valence-corrected chi connectivity index (χ4v) is 2.71. The number of nitrogens with two attached hydrogens (primary N) is 1. The lowest BCUT2D eigenvalue weighted by molar-refractivity contribution is 0.407. The van der Waals surface area contributed by atoms with Gasteiger partial charge in [0.05, 0.1) is 13.2 Å². The van der Waals surface area contributed by atoms with Crippen LogP contribution in [0.3, 0.4) is 0 Å². The number of rotatable bonds is 3. The standard InChI is InChI=1S/C15H14Br2FNO/c1-8-5-14(20-2)11(7-12(8)17)15(19)10-4-3-9(16)6-13(10)18/h3-7,15H,19H2,1-2H3. The number of ether oxygens (including phenoxy) is 1. The van der Waals surface area contributed by atoms with E-state index in [0.717, 1.165) is 15.6 Å². The summed E-state index contributed by atoms with van der Waals surface area (Å²) in [4.78, 5) is 0. The van der Waals surface area contributed by atoms with Crippen LogP contribution >= 0.6 is 31.9 Å². The third-order valence-corrected chi connectivity index (χ3v) is 4.49. The molecular formula is C15H14Br2FNO. The van der Waals surface area contributed by atoms with E-state index in [1.807, 2.05) is 19.1 Å². The van der Waals surface area contributed by atoms with Crippen LogP contribution < -0.4 is 10.5 Å². The van der Waals surface area contributed by atoms with Gasteiger partial charge in [-0.2, -0.15) is 0 Å². The Morgan fingerprint density at radius 2 is 1.85 bits per heavy atom. The summed E-state index contributed by atoms with van der Waals surface area (Å²) in [5, 5.41) is 0. The van der Waals surface area contributed by atoms with Gasteiger partial charge in [-0.25, -0.2) is 4.39 Å². The molecule has 1 unspecified atom stereocenters. The number of benzene rings is 2. The number of aryl methyl sites for hydroxylation is 1. The van der Waals surface area contributed by atoms with Crippen molar-refractivity contribution in [2.45, 2.75) is 13.0 Å². The van der Waals surface area contributed by atoms with Crippen LogP contribution in [0.1, 0.15) is 22.7 Å². The Kier molecular flexibility index (Phi) is 4.83. The van der Waals surface area contributed by atoms with E-state index in [1.165, 1.54) is 6.07 Å². The van der Waals surface area contributed by atoms with Crippen molar-refractivity contribution < 1.29 is 9.13 Å². The van der Waals surface area contributed by atoms with Gasteiger partial charge in [-0.15, -0.1) is 0 Å². The molecule has 0 amide bonds. The average molecular weight is 403 g/mol. The number of halogens is 3. The lowest BCUT2D eigenvalue weighted by Crippen LogP contribution is -2.15. The first kappa shape index (κ1) is 15.5. The van der Waals surface area contributed by atoms with E-state index in [2.05, 4.69) is 31.9 Å².